The molecule has 142 valence electrons. The van der Waals surface area contributed by atoms with Gasteiger partial charge in [0.25, 0.3) is 0 Å². The van der Waals surface area contributed by atoms with Crippen LogP contribution in [0, 0.1) is 34.5 Å². The molecular formula is C21H34O4. The second-order valence-corrected chi connectivity index (χ2v) is 9.86. The van der Waals surface area contributed by atoms with E-state index in [1.807, 2.05) is 0 Å². The summed E-state index contributed by atoms with van der Waals surface area (Å²) in [6.45, 7) is 4.72. The molecule has 0 spiro atoms. The van der Waals surface area contributed by atoms with Gasteiger partial charge in [-0.3, -0.25) is 0 Å². The zero-order chi connectivity index (χ0) is 18.0. The Morgan fingerprint density at radius 2 is 1.68 bits per heavy atom. The van der Waals surface area contributed by atoms with Crippen LogP contribution in [0.5, 0.6) is 0 Å². The van der Waals surface area contributed by atoms with Gasteiger partial charge < -0.3 is 20.4 Å². The molecule has 0 aromatic heterocycles. The van der Waals surface area contributed by atoms with E-state index in [1.54, 1.807) is 0 Å². The molecule has 4 saturated carbocycles. The van der Waals surface area contributed by atoms with Gasteiger partial charge in [0.05, 0.1) is 0 Å². The van der Waals surface area contributed by atoms with Gasteiger partial charge in [0, 0.05) is 0 Å². The lowest BCUT2D eigenvalue weighted by Gasteiger charge is -2.60. The van der Waals surface area contributed by atoms with Crippen LogP contribution < -0.4 is 0 Å². The van der Waals surface area contributed by atoms with E-state index in [1.165, 1.54) is 38.5 Å². The maximum atomic E-state index is 10.3. The first-order chi connectivity index (χ1) is 11.7. The van der Waals surface area contributed by atoms with Gasteiger partial charge in [0.2, 0.25) is 0 Å². The van der Waals surface area contributed by atoms with E-state index in [0.717, 1.165) is 31.1 Å². The van der Waals surface area contributed by atoms with Crippen LogP contribution in [0.3, 0.4) is 0 Å². The SMILES string of the molecule is C[C@]12CCCCC1CC[C@@H]1[C@@H]2CC[C@]2(C)C(=C(O)C(O)(O)O)CC[C@@H]12. The summed E-state index contributed by atoms with van der Waals surface area (Å²) < 4.78 is 0. The minimum Gasteiger partial charge on any atom is -0.505 e. The Labute approximate surface area is 151 Å². The molecule has 0 amide bonds. The van der Waals surface area contributed by atoms with Gasteiger partial charge in [-0.2, -0.15) is 0 Å². The monoisotopic (exact) mass is 350 g/mol. The van der Waals surface area contributed by atoms with Gasteiger partial charge in [-0.25, -0.2) is 0 Å². The highest BCUT2D eigenvalue weighted by atomic mass is 16.7. The molecule has 0 saturated heterocycles. The van der Waals surface area contributed by atoms with E-state index < -0.39 is 11.7 Å². The molecule has 4 N–H and O–H groups in total. The van der Waals surface area contributed by atoms with Crippen LogP contribution in [0.2, 0.25) is 0 Å². The first kappa shape index (κ1) is 17.8. The van der Waals surface area contributed by atoms with Crippen molar-refractivity contribution in [2.45, 2.75) is 84.0 Å². The smallest absolute Gasteiger partial charge is 0.337 e. The molecule has 1 unspecified atom stereocenters. The fraction of sp³-hybridized carbons (Fsp3) is 0.905. The highest BCUT2D eigenvalue weighted by Gasteiger charge is 2.59. The Balaban J connectivity index is 1.66. The van der Waals surface area contributed by atoms with E-state index in [9.17, 15) is 20.4 Å². The molecule has 4 rings (SSSR count). The number of hydrogen-bond donors (Lipinski definition) is 4. The summed E-state index contributed by atoms with van der Waals surface area (Å²) in [5.74, 6) is -0.894. The molecule has 0 radical (unpaired) electrons. The molecule has 4 aliphatic carbocycles. The van der Waals surface area contributed by atoms with Crippen LogP contribution in [-0.4, -0.2) is 26.4 Å². The van der Waals surface area contributed by atoms with Crippen molar-refractivity contribution in [2.75, 3.05) is 0 Å². The van der Waals surface area contributed by atoms with Crippen LogP contribution in [0.1, 0.15) is 78.1 Å². The van der Waals surface area contributed by atoms with Crippen LogP contribution in [0.25, 0.3) is 0 Å². The van der Waals surface area contributed by atoms with Crippen molar-refractivity contribution in [3.63, 3.8) is 0 Å². The Bertz CT molecular complexity index is 577. The van der Waals surface area contributed by atoms with Crippen LogP contribution in [0.15, 0.2) is 11.3 Å². The highest BCUT2D eigenvalue weighted by molar-refractivity contribution is 5.28. The third kappa shape index (κ3) is 2.51. The van der Waals surface area contributed by atoms with E-state index >= 15 is 0 Å². The molecule has 6 atom stereocenters. The largest absolute Gasteiger partial charge is 0.505 e. The number of rotatable bonds is 1. The average molecular weight is 350 g/mol. The quantitative estimate of drug-likeness (QED) is 0.427. The number of aliphatic hydroxyl groups excluding tert-OH is 1. The maximum Gasteiger partial charge on any atom is 0.337 e. The predicted molar refractivity (Wildman–Crippen MR) is 95.4 cm³/mol. The van der Waals surface area contributed by atoms with Gasteiger partial charge in [0.15, 0.2) is 5.76 Å². The lowest BCUT2D eigenvalue weighted by atomic mass is 9.45. The van der Waals surface area contributed by atoms with Crippen LogP contribution in [-0.2, 0) is 0 Å². The van der Waals surface area contributed by atoms with Crippen molar-refractivity contribution in [2.24, 2.45) is 34.5 Å². The Hall–Kier alpha value is -0.580. The summed E-state index contributed by atoms with van der Waals surface area (Å²) in [7, 11) is 0. The van der Waals surface area contributed by atoms with E-state index in [4.69, 9.17) is 0 Å². The molecule has 4 nitrogen and oxygen atoms in total. The van der Waals surface area contributed by atoms with Crippen molar-refractivity contribution in [3.05, 3.63) is 11.3 Å². The standard InChI is InChI=1S/C21H34O4/c1-19-11-4-3-5-13(19)6-7-14-15-8-9-17(18(22)21(23,24)25)20(15,2)12-10-16(14)19/h13-16,22-25H,3-12H2,1-2H3/t13?,14-,15-,16-,19-,20-/m0/s1. The Morgan fingerprint density at radius 1 is 0.920 bits per heavy atom. The fourth-order valence-electron chi connectivity index (χ4n) is 7.70. The zero-order valence-corrected chi connectivity index (χ0v) is 15.7. The molecule has 0 aromatic rings. The fourth-order valence-corrected chi connectivity index (χ4v) is 7.70. The van der Waals surface area contributed by atoms with Gasteiger partial charge in [-0.1, -0.05) is 26.7 Å². The summed E-state index contributed by atoms with van der Waals surface area (Å²) in [6, 6.07) is 0. The number of hydrogen-bond acceptors (Lipinski definition) is 4. The molecule has 25 heavy (non-hydrogen) atoms. The van der Waals surface area contributed by atoms with Crippen molar-refractivity contribution < 1.29 is 20.4 Å². The molecule has 4 aliphatic rings. The lowest BCUT2D eigenvalue weighted by Crippen LogP contribution is -2.52. The third-order valence-electron chi connectivity index (χ3n) is 8.97. The molecule has 0 bridgehead atoms. The maximum absolute atomic E-state index is 10.3. The van der Waals surface area contributed by atoms with Crippen LogP contribution in [0.4, 0.5) is 0 Å². The van der Waals surface area contributed by atoms with E-state index in [2.05, 4.69) is 13.8 Å². The second kappa shape index (κ2) is 5.71. The third-order valence-corrected chi connectivity index (χ3v) is 8.97. The van der Waals surface area contributed by atoms with Gasteiger partial charge in [-0.05, 0) is 91.4 Å². The summed E-state index contributed by atoms with van der Waals surface area (Å²) in [5, 5.41) is 38.7. The summed E-state index contributed by atoms with van der Waals surface area (Å²) >= 11 is 0. The molecule has 0 aromatic carbocycles. The van der Waals surface area contributed by atoms with Crippen molar-refractivity contribution in [1.29, 1.82) is 0 Å². The molecule has 4 fully saturated rings. The molecular weight excluding hydrogens is 316 g/mol. The first-order valence-corrected chi connectivity index (χ1v) is 10.3. The Kier molecular flexibility index (Phi) is 4.07. The molecule has 0 aliphatic heterocycles. The van der Waals surface area contributed by atoms with E-state index in [-0.39, 0.29) is 5.41 Å². The second-order valence-electron chi connectivity index (χ2n) is 9.86. The minimum absolute atomic E-state index is 0.206. The van der Waals surface area contributed by atoms with Crippen molar-refractivity contribution >= 4 is 0 Å². The molecule has 4 heteroatoms. The topological polar surface area (TPSA) is 80.9 Å². The number of aliphatic hydroxyl groups is 4. The first-order valence-electron chi connectivity index (χ1n) is 10.3. The minimum atomic E-state index is -3.10. The van der Waals surface area contributed by atoms with Gasteiger partial charge in [0.1, 0.15) is 0 Å². The van der Waals surface area contributed by atoms with Crippen molar-refractivity contribution in [1.82, 2.24) is 0 Å². The van der Waals surface area contributed by atoms with E-state index in [0.29, 0.717) is 29.2 Å². The summed E-state index contributed by atoms with van der Waals surface area (Å²) in [5.41, 5.74) is 0.952. The van der Waals surface area contributed by atoms with Crippen molar-refractivity contribution in [3.8, 4) is 0 Å². The number of fused-ring (bicyclic) bond motifs is 5. The normalized spacial score (nSPS) is 49.2. The zero-order valence-electron chi connectivity index (χ0n) is 15.7. The van der Waals surface area contributed by atoms with Crippen LogP contribution >= 0.6 is 0 Å². The summed E-state index contributed by atoms with van der Waals surface area (Å²) in [6.07, 6.45) is 11.9. The van der Waals surface area contributed by atoms with Gasteiger partial charge >= 0.3 is 5.97 Å². The average Bonchev–Trinajstić information content (AvgIpc) is 2.89. The van der Waals surface area contributed by atoms with Gasteiger partial charge in [-0.15, -0.1) is 0 Å². The lowest BCUT2D eigenvalue weighted by molar-refractivity contribution is -0.299. The summed E-state index contributed by atoms with van der Waals surface area (Å²) in [4.78, 5) is 0. The molecule has 0 heterocycles. The Morgan fingerprint density at radius 3 is 2.40 bits per heavy atom. The number of allylic oxidation sites excluding steroid dienone is 1. The predicted octanol–water partition coefficient (Wildman–Crippen LogP) is 3.86. The highest BCUT2D eigenvalue weighted by Crippen LogP contribution is 2.67.